The van der Waals surface area contributed by atoms with E-state index in [1.54, 1.807) is 36.7 Å². The molecule has 4 aromatic rings. The average molecular weight is 546 g/mol. The number of benzene rings is 1. The van der Waals surface area contributed by atoms with E-state index < -0.39 is 11.6 Å². The number of fused-ring (bicyclic) bond motifs is 1. The first-order valence-corrected chi connectivity index (χ1v) is 13.0. The Morgan fingerprint density at radius 3 is 2.45 bits per heavy atom. The number of anilines is 1. The minimum Gasteiger partial charge on any atom is -0.496 e. The first-order chi connectivity index (χ1) is 19.2. The van der Waals surface area contributed by atoms with Crippen LogP contribution in [0.25, 0.3) is 28.0 Å². The number of ether oxygens (including phenoxy) is 2. The minimum atomic E-state index is -1.35. The van der Waals surface area contributed by atoms with E-state index in [1.807, 2.05) is 6.07 Å². The third-order valence-electron chi connectivity index (χ3n) is 7.64. The van der Waals surface area contributed by atoms with Crippen molar-refractivity contribution in [2.45, 2.75) is 38.2 Å². The number of ketones is 1. The molecule has 0 saturated heterocycles. The molecule has 0 amide bonds. The number of aliphatic hydroxyl groups excluding tert-OH is 1. The summed E-state index contributed by atoms with van der Waals surface area (Å²) in [7, 11) is 2.79. The molecule has 1 aliphatic carbocycles. The molecule has 0 radical (unpaired) electrons. The summed E-state index contributed by atoms with van der Waals surface area (Å²) in [5.41, 5.74) is 8.79. The van der Waals surface area contributed by atoms with Crippen LogP contribution < -0.4 is 10.5 Å². The van der Waals surface area contributed by atoms with E-state index in [0.717, 1.165) is 0 Å². The Morgan fingerprint density at radius 2 is 1.85 bits per heavy atom. The van der Waals surface area contributed by atoms with E-state index in [1.165, 1.54) is 25.7 Å². The maximum absolute atomic E-state index is 12.7. The van der Waals surface area contributed by atoms with Gasteiger partial charge in [0.1, 0.15) is 22.7 Å². The normalized spacial score (nSPS) is 19.0. The molecule has 0 aliphatic heterocycles. The van der Waals surface area contributed by atoms with E-state index in [-0.39, 0.29) is 40.9 Å². The lowest BCUT2D eigenvalue weighted by atomic mass is 9.76. The van der Waals surface area contributed by atoms with E-state index in [0.29, 0.717) is 59.5 Å². The van der Waals surface area contributed by atoms with Crippen LogP contribution in [0.2, 0.25) is 0 Å². The number of Topliss-reactive ketones (excluding diaryl/α,β-unsaturated/α-hetero) is 1. The molecule has 1 aromatic carbocycles. The zero-order valence-corrected chi connectivity index (χ0v) is 22.5. The van der Waals surface area contributed by atoms with Crippen molar-refractivity contribution < 1.29 is 29.3 Å². The Bertz CT molecular complexity index is 1590. The third-order valence-corrected chi connectivity index (χ3v) is 7.64. The zero-order chi connectivity index (χ0) is 28.6. The average Bonchev–Trinajstić information content (AvgIpc) is 3.41. The summed E-state index contributed by atoms with van der Waals surface area (Å²) >= 11 is 0. The third kappa shape index (κ3) is 4.67. The van der Waals surface area contributed by atoms with Crippen molar-refractivity contribution in [3.63, 3.8) is 0 Å². The molecule has 208 valence electrons. The van der Waals surface area contributed by atoms with Gasteiger partial charge in [-0.1, -0.05) is 6.07 Å². The Labute approximate surface area is 230 Å². The molecule has 11 nitrogen and oxygen atoms in total. The van der Waals surface area contributed by atoms with Crippen molar-refractivity contribution in [2.75, 3.05) is 26.6 Å². The Balaban J connectivity index is 1.56. The molecule has 0 unspecified atom stereocenters. The van der Waals surface area contributed by atoms with Gasteiger partial charge in [0.05, 0.1) is 37.4 Å². The van der Waals surface area contributed by atoms with Crippen molar-refractivity contribution >= 4 is 23.2 Å². The van der Waals surface area contributed by atoms with Gasteiger partial charge in [-0.3, -0.25) is 9.78 Å². The highest BCUT2D eigenvalue weighted by Crippen LogP contribution is 2.42. The van der Waals surface area contributed by atoms with Gasteiger partial charge in [-0.15, -0.1) is 0 Å². The fraction of sp³-hybridized carbons (Fsp3) is 0.345. The second-order valence-corrected chi connectivity index (χ2v) is 10.1. The lowest BCUT2D eigenvalue weighted by molar-refractivity contribution is -0.0250. The largest absolute Gasteiger partial charge is 0.496 e. The fourth-order valence-corrected chi connectivity index (χ4v) is 5.34. The molecule has 3 aromatic heterocycles. The quantitative estimate of drug-likeness (QED) is 0.232. The molecular weight excluding hydrogens is 514 g/mol. The van der Waals surface area contributed by atoms with Gasteiger partial charge in [-0.25, -0.2) is 9.78 Å². The van der Waals surface area contributed by atoms with E-state index >= 15 is 0 Å². The molecule has 1 fully saturated rings. The number of esters is 1. The van der Waals surface area contributed by atoms with Gasteiger partial charge in [0.15, 0.2) is 11.4 Å². The highest BCUT2D eigenvalue weighted by Gasteiger charge is 2.40. The number of carbonyl (C=O) groups is 2. The molecule has 40 heavy (non-hydrogen) atoms. The van der Waals surface area contributed by atoms with E-state index in [9.17, 15) is 19.8 Å². The van der Waals surface area contributed by atoms with Gasteiger partial charge in [0.2, 0.25) is 0 Å². The second kappa shape index (κ2) is 10.7. The number of hydrogen-bond donors (Lipinski definition) is 3. The molecule has 0 atom stereocenters. The summed E-state index contributed by atoms with van der Waals surface area (Å²) in [4.78, 5) is 34.2. The maximum Gasteiger partial charge on any atom is 0.341 e. The molecule has 0 spiro atoms. The molecule has 1 aliphatic rings. The zero-order valence-electron chi connectivity index (χ0n) is 22.5. The molecule has 11 heteroatoms. The standard InChI is InChI=1S/C29H31N5O6/c1-16(36)24-25(29(38)10-8-17(15-35)9-11-29)33-27-21(14-32-34(27)26(24)30)19-4-6-22(31-13-19)18-5-7-23(39-2)20(12-18)28(37)40-3/h4-7,12-14,17,35,38H,8-11,15,30H2,1-3H3. The number of aromatic nitrogens is 4. The number of hydrogen-bond acceptors (Lipinski definition) is 10. The summed E-state index contributed by atoms with van der Waals surface area (Å²) in [5, 5.41) is 25.5. The summed E-state index contributed by atoms with van der Waals surface area (Å²) in [6.07, 6.45) is 5.19. The number of nitrogens with two attached hydrogens (primary N) is 1. The summed E-state index contributed by atoms with van der Waals surface area (Å²) in [6.45, 7) is 1.45. The minimum absolute atomic E-state index is 0.0561. The topological polar surface area (TPSA) is 162 Å². The van der Waals surface area contributed by atoms with Crippen molar-refractivity contribution in [2.24, 2.45) is 5.92 Å². The van der Waals surface area contributed by atoms with Crippen LogP contribution in [0.1, 0.15) is 59.0 Å². The van der Waals surface area contributed by atoms with Crippen molar-refractivity contribution in [3.8, 4) is 28.1 Å². The predicted octanol–water partition coefficient (Wildman–Crippen LogP) is 3.41. The molecule has 0 bridgehead atoms. The number of nitrogens with zero attached hydrogens (tertiary/aromatic N) is 4. The van der Waals surface area contributed by atoms with Crippen molar-refractivity contribution in [1.29, 1.82) is 0 Å². The number of rotatable bonds is 7. The van der Waals surface area contributed by atoms with Gasteiger partial charge in [-0.05, 0) is 62.8 Å². The molecule has 5 rings (SSSR count). The van der Waals surface area contributed by atoms with Crippen LogP contribution in [-0.2, 0) is 10.3 Å². The Kier molecular flexibility index (Phi) is 7.26. The van der Waals surface area contributed by atoms with E-state index in [2.05, 4.69) is 10.1 Å². The van der Waals surface area contributed by atoms with Gasteiger partial charge >= 0.3 is 5.97 Å². The van der Waals surface area contributed by atoms with E-state index in [4.69, 9.17) is 20.2 Å². The van der Waals surface area contributed by atoms with Crippen LogP contribution in [0.5, 0.6) is 5.75 Å². The van der Waals surface area contributed by atoms with Crippen LogP contribution in [-0.4, -0.2) is 62.4 Å². The molecular formula is C29H31N5O6. The molecule has 3 heterocycles. The lowest BCUT2D eigenvalue weighted by Crippen LogP contribution is -2.35. The number of nitrogen functional groups attached to an aromatic ring is 1. The van der Waals surface area contributed by atoms with Gasteiger partial charge in [-0.2, -0.15) is 9.61 Å². The molecule has 1 saturated carbocycles. The summed E-state index contributed by atoms with van der Waals surface area (Å²) < 4.78 is 11.5. The Hall–Kier alpha value is -4.35. The highest BCUT2D eigenvalue weighted by molar-refractivity contribution is 6.00. The number of carbonyl (C=O) groups excluding carboxylic acids is 2. The lowest BCUT2D eigenvalue weighted by Gasteiger charge is -2.36. The highest BCUT2D eigenvalue weighted by atomic mass is 16.5. The first-order valence-electron chi connectivity index (χ1n) is 13.0. The smallest absolute Gasteiger partial charge is 0.341 e. The van der Waals surface area contributed by atoms with Gasteiger partial charge in [0, 0.05) is 29.5 Å². The Morgan fingerprint density at radius 1 is 1.12 bits per heavy atom. The predicted molar refractivity (Wildman–Crippen MR) is 147 cm³/mol. The number of pyridine rings is 1. The van der Waals surface area contributed by atoms with Crippen LogP contribution in [0.4, 0.5) is 5.82 Å². The number of aliphatic hydroxyl groups is 2. The first kappa shape index (κ1) is 27.2. The molecule has 4 N–H and O–H groups in total. The second-order valence-electron chi connectivity index (χ2n) is 10.1. The van der Waals surface area contributed by atoms with Crippen LogP contribution in [0.3, 0.4) is 0 Å². The van der Waals surface area contributed by atoms with Gasteiger partial charge in [0.25, 0.3) is 0 Å². The summed E-state index contributed by atoms with van der Waals surface area (Å²) in [5.74, 6) is -0.221. The monoisotopic (exact) mass is 545 g/mol. The maximum atomic E-state index is 12.7. The SMILES string of the molecule is COC(=O)c1cc(-c2ccc(-c3cnn4c(N)c(C(C)=O)c(C5(O)CCC(CO)CC5)nc34)cn2)ccc1OC. The van der Waals surface area contributed by atoms with Crippen molar-refractivity contribution in [3.05, 3.63) is 59.5 Å². The van der Waals surface area contributed by atoms with Crippen molar-refractivity contribution in [1.82, 2.24) is 19.6 Å². The van der Waals surface area contributed by atoms with Gasteiger partial charge < -0.3 is 25.4 Å². The van der Waals surface area contributed by atoms with Crippen LogP contribution in [0.15, 0.2) is 42.7 Å². The fourth-order valence-electron chi connectivity index (χ4n) is 5.34. The number of methoxy groups -OCH3 is 2. The summed E-state index contributed by atoms with van der Waals surface area (Å²) in [6, 6.07) is 8.79. The van der Waals surface area contributed by atoms with Crippen LogP contribution in [0, 0.1) is 5.92 Å². The van der Waals surface area contributed by atoms with Crippen LogP contribution >= 0.6 is 0 Å².